The highest BCUT2D eigenvalue weighted by Crippen LogP contribution is 2.18. The number of rotatable bonds is 3. The van der Waals surface area contributed by atoms with Crippen molar-refractivity contribution in [1.82, 2.24) is 4.90 Å². The first kappa shape index (κ1) is 12.9. The van der Waals surface area contributed by atoms with E-state index in [-0.39, 0.29) is 0 Å². The minimum Gasteiger partial charge on any atom is -0.379 e. The minimum absolute atomic E-state index is 0.841. The van der Waals surface area contributed by atoms with E-state index in [1.54, 1.807) is 0 Å². The fourth-order valence-electron chi connectivity index (χ4n) is 2.69. The second-order valence-corrected chi connectivity index (χ2v) is 5.16. The molecular formula is C15H22N2O2. The fourth-order valence-corrected chi connectivity index (χ4v) is 2.69. The van der Waals surface area contributed by atoms with Gasteiger partial charge in [0.05, 0.1) is 26.4 Å². The molecule has 0 atom stereocenters. The predicted octanol–water partition coefficient (Wildman–Crippen LogP) is 1.36. The molecule has 0 amide bonds. The quantitative estimate of drug-likeness (QED) is 0.821. The van der Waals surface area contributed by atoms with Crippen LogP contribution in [0, 0.1) is 0 Å². The number of benzene rings is 1. The molecule has 3 rings (SSSR count). The zero-order chi connectivity index (χ0) is 12.9. The third-order valence-corrected chi connectivity index (χ3v) is 3.80. The summed E-state index contributed by atoms with van der Waals surface area (Å²) in [5, 5.41) is 0. The maximum absolute atomic E-state index is 5.41. The summed E-state index contributed by atoms with van der Waals surface area (Å²) in [6.07, 6.45) is 0. The van der Waals surface area contributed by atoms with Crippen LogP contribution >= 0.6 is 0 Å². The lowest BCUT2D eigenvalue weighted by atomic mass is 10.1. The van der Waals surface area contributed by atoms with E-state index >= 15 is 0 Å². The standard InChI is InChI=1S/C15H22N2O2/c1-2-14(13-16-4-8-18-9-5-16)12-15(3-1)17-6-10-19-11-7-17/h1-3,12H,4-11,13H2. The van der Waals surface area contributed by atoms with Crippen LogP contribution in [0.2, 0.25) is 0 Å². The van der Waals surface area contributed by atoms with Gasteiger partial charge in [0, 0.05) is 38.4 Å². The molecule has 4 nitrogen and oxygen atoms in total. The minimum atomic E-state index is 0.841. The zero-order valence-electron chi connectivity index (χ0n) is 11.4. The summed E-state index contributed by atoms with van der Waals surface area (Å²) in [5.74, 6) is 0. The van der Waals surface area contributed by atoms with E-state index in [1.807, 2.05) is 0 Å². The first-order valence-corrected chi connectivity index (χ1v) is 7.13. The van der Waals surface area contributed by atoms with Crippen LogP contribution in [-0.4, -0.2) is 57.5 Å². The van der Waals surface area contributed by atoms with E-state index in [1.165, 1.54) is 11.3 Å². The van der Waals surface area contributed by atoms with Gasteiger partial charge in [-0.1, -0.05) is 12.1 Å². The van der Waals surface area contributed by atoms with Crippen molar-refractivity contribution in [3.05, 3.63) is 29.8 Å². The normalized spacial score (nSPS) is 21.6. The monoisotopic (exact) mass is 262 g/mol. The fraction of sp³-hybridized carbons (Fsp3) is 0.600. The lowest BCUT2D eigenvalue weighted by Gasteiger charge is -2.30. The molecule has 2 aliphatic rings. The molecule has 1 aromatic carbocycles. The van der Waals surface area contributed by atoms with E-state index < -0.39 is 0 Å². The molecule has 0 N–H and O–H groups in total. The van der Waals surface area contributed by atoms with Crippen molar-refractivity contribution in [2.24, 2.45) is 0 Å². The second-order valence-electron chi connectivity index (χ2n) is 5.16. The van der Waals surface area contributed by atoms with Crippen LogP contribution in [0.4, 0.5) is 5.69 Å². The van der Waals surface area contributed by atoms with Crippen molar-refractivity contribution < 1.29 is 9.47 Å². The van der Waals surface area contributed by atoms with Crippen molar-refractivity contribution in [1.29, 1.82) is 0 Å². The Kier molecular flexibility index (Phi) is 4.33. The Labute approximate surface area is 114 Å². The van der Waals surface area contributed by atoms with Crippen molar-refractivity contribution in [2.75, 3.05) is 57.5 Å². The summed E-state index contributed by atoms with van der Waals surface area (Å²) in [6, 6.07) is 8.91. The van der Waals surface area contributed by atoms with Crippen LogP contribution in [0.25, 0.3) is 0 Å². The maximum Gasteiger partial charge on any atom is 0.0642 e. The van der Waals surface area contributed by atoms with Crippen LogP contribution in [0.1, 0.15) is 5.56 Å². The van der Waals surface area contributed by atoms with E-state index in [2.05, 4.69) is 34.1 Å². The molecule has 2 heterocycles. The number of nitrogens with zero attached hydrogens (tertiary/aromatic N) is 2. The first-order chi connectivity index (χ1) is 9.42. The molecule has 0 aliphatic carbocycles. The highest BCUT2D eigenvalue weighted by Gasteiger charge is 2.13. The molecule has 0 saturated carbocycles. The van der Waals surface area contributed by atoms with Crippen LogP contribution < -0.4 is 4.90 Å². The molecule has 0 spiro atoms. The molecule has 104 valence electrons. The first-order valence-electron chi connectivity index (χ1n) is 7.13. The van der Waals surface area contributed by atoms with Gasteiger partial charge >= 0.3 is 0 Å². The average molecular weight is 262 g/mol. The molecule has 1 aromatic rings. The number of ether oxygens (including phenoxy) is 2. The van der Waals surface area contributed by atoms with E-state index in [0.29, 0.717) is 0 Å². The van der Waals surface area contributed by atoms with Gasteiger partial charge in [0.15, 0.2) is 0 Å². The molecule has 4 heteroatoms. The summed E-state index contributed by atoms with van der Waals surface area (Å²) in [6.45, 7) is 8.53. The number of hydrogen-bond donors (Lipinski definition) is 0. The molecule has 0 aromatic heterocycles. The molecule has 2 saturated heterocycles. The summed E-state index contributed by atoms with van der Waals surface area (Å²) in [5.41, 5.74) is 2.72. The molecule has 2 aliphatic heterocycles. The molecular weight excluding hydrogens is 240 g/mol. The van der Waals surface area contributed by atoms with Crippen LogP contribution in [-0.2, 0) is 16.0 Å². The Morgan fingerprint density at radius 3 is 2.32 bits per heavy atom. The van der Waals surface area contributed by atoms with E-state index in [9.17, 15) is 0 Å². The summed E-state index contributed by atoms with van der Waals surface area (Å²) < 4.78 is 10.8. The molecule has 0 unspecified atom stereocenters. The van der Waals surface area contributed by atoms with Crippen molar-refractivity contribution in [3.8, 4) is 0 Å². The average Bonchev–Trinajstić information content (AvgIpc) is 2.49. The Hall–Kier alpha value is -1.10. The van der Waals surface area contributed by atoms with Crippen LogP contribution in [0.5, 0.6) is 0 Å². The zero-order valence-corrected chi connectivity index (χ0v) is 11.4. The van der Waals surface area contributed by atoms with Gasteiger partial charge in [-0.3, -0.25) is 4.90 Å². The van der Waals surface area contributed by atoms with Crippen LogP contribution in [0.15, 0.2) is 24.3 Å². The highest BCUT2D eigenvalue weighted by molar-refractivity contribution is 5.48. The maximum atomic E-state index is 5.41. The summed E-state index contributed by atoms with van der Waals surface area (Å²) in [7, 11) is 0. The summed E-state index contributed by atoms with van der Waals surface area (Å²) in [4.78, 5) is 4.87. The van der Waals surface area contributed by atoms with E-state index in [4.69, 9.17) is 9.47 Å². The largest absolute Gasteiger partial charge is 0.379 e. The van der Waals surface area contributed by atoms with Gasteiger partial charge in [0.25, 0.3) is 0 Å². The Balaban J connectivity index is 1.64. The molecule has 19 heavy (non-hydrogen) atoms. The van der Waals surface area contributed by atoms with Crippen LogP contribution in [0.3, 0.4) is 0 Å². The van der Waals surface area contributed by atoms with Gasteiger partial charge in [-0.05, 0) is 17.7 Å². The lowest BCUT2D eigenvalue weighted by molar-refractivity contribution is 0.0342. The number of morpholine rings is 2. The van der Waals surface area contributed by atoms with E-state index in [0.717, 1.165) is 59.2 Å². The summed E-state index contributed by atoms with van der Waals surface area (Å²) >= 11 is 0. The van der Waals surface area contributed by atoms with Gasteiger partial charge in [-0.25, -0.2) is 0 Å². The highest BCUT2D eigenvalue weighted by atomic mass is 16.5. The van der Waals surface area contributed by atoms with Crippen molar-refractivity contribution in [2.45, 2.75) is 6.54 Å². The van der Waals surface area contributed by atoms with Gasteiger partial charge in [-0.15, -0.1) is 0 Å². The predicted molar refractivity (Wildman–Crippen MR) is 75.6 cm³/mol. The Bertz CT molecular complexity index is 399. The number of anilines is 1. The Morgan fingerprint density at radius 2 is 1.58 bits per heavy atom. The second kappa shape index (κ2) is 6.37. The van der Waals surface area contributed by atoms with Gasteiger partial charge in [0.1, 0.15) is 0 Å². The third kappa shape index (κ3) is 3.47. The third-order valence-electron chi connectivity index (χ3n) is 3.80. The van der Waals surface area contributed by atoms with Gasteiger partial charge in [0.2, 0.25) is 0 Å². The molecule has 2 fully saturated rings. The number of hydrogen-bond acceptors (Lipinski definition) is 4. The Morgan fingerprint density at radius 1 is 0.895 bits per heavy atom. The van der Waals surface area contributed by atoms with Crippen molar-refractivity contribution >= 4 is 5.69 Å². The SMILES string of the molecule is c1cc(CN2CCOCC2)cc(N2CCOCC2)c1. The lowest BCUT2D eigenvalue weighted by Crippen LogP contribution is -2.37. The smallest absolute Gasteiger partial charge is 0.0642 e. The molecule has 0 radical (unpaired) electrons. The van der Waals surface area contributed by atoms with Gasteiger partial charge < -0.3 is 14.4 Å². The van der Waals surface area contributed by atoms with Crippen molar-refractivity contribution in [3.63, 3.8) is 0 Å². The van der Waals surface area contributed by atoms with Gasteiger partial charge in [-0.2, -0.15) is 0 Å². The molecule has 0 bridgehead atoms. The topological polar surface area (TPSA) is 24.9 Å².